The summed E-state index contributed by atoms with van der Waals surface area (Å²) in [5, 5.41) is 14.5. The highest BCUT2D eigenvalue weighted by molar-refractivity contribution is 6.09. The molecule has 0 spiro atoms. The third kappa shape index (κ3) is 6.68. The predicted octanol–water partition coefficient (Wildman–Crippen LogP) is 4.79. The topological polar surface area (TPSA) is 100 Å². The Kier molecular flexibility index (Phi) is 8.36. The average Bonchev–Trinajstić information content (AvgIpc) is 2.84. The molecule has 0 fully saturated rings. The van der Waals surface area contributed by atoms with Gasteiger partial charge in [-0.1, -0.05) is 36.4 Å². The molecule has 0 saturated carbocycles. The molecular formula is C26H22FN3O4. The van der Waals surface area contributed by atoms with Crippen LogP contribution in [0.2, 0.25) is 0 Å². The Bertz CT molecular complexity index is 1240. The number of para-hydroxylation sites is 2. The molecule has 0 aliphatic rings. The van der Waals surface area contributed by atoms with Crippen molar-refractivity contribution in [3.8, 4) is 17.6 Å². The van der Waals surface area contributed by atoms with Crippen LogP contribution in [0.4, 0.5) is 15.8 Å². The maximum atomic E-state index is 13.8. The Hall–Kier alpha value is -4.64. The van der Waals surface area contributed by atoms with Crippen molar-refractivity contribution in [2.24, 2.45) is 0 Å². The lowest BCUT2D eigenvalue weighted by atomic mass is 10.1. The van der Waals surface area contributed by atoms with E-state index in [0.717, 1.165) is 0 Å². The summed E-state index contributed by atoms with van der Waals surface area (Å²) in [5.41, 5.74) is 0.895. The number of amides is 2. The van der Waals surface area contributed by atoms with Gasteiger partial charge in [-0.2, -0.15) is 5.26 Å². The molecule has 2 amide bonds. The largest absolute Gasteiger partial charge is 0.490 e. The van der Waals surface area contributed by atoms with Crippen molar-refractivity contribution in [1.82, 2.24) is 0 Å². The van der Waals surface area contributed by atoms with Crippen LogP contribution in [0.3, 0.4) is 0 Å². The van der Waals surface area contributed by atoms with Crippen LogP contribution < -0.4 is 20.1 Å². The normalized spacial score (nSPS) is 10.7. The zero-order valence-electron chi connectivity index (χ0n) is 18.4. The molecule has 0 unspecified atom stereocenters. The third-order valence-electron chi connectivity index (χ3n) is 4.48. The van der Waals surface area contributed by atoms with E-state index in [1.54, 1.807) is 43.3 Å². The molecule has 0 atom stereocenters. The summed E-state index contributed by atoms with van der Waals surface area (Å²) in [7, 11) is 0. The SMILES string of the molecule is CCOc1cc(/C=C(\C#N)C(=O)Nc2ccccc2F)ccc1OCC(=O)Nc1ccccc1. The van der Waals surface area contributed by atoms with Gasteiger partial charge in [-0.25, -0.2) is 4.39 Å². The molecule has 0 aliphatic carbocycles. The Morgan fingerprint density at radius 3 is 2.41 bits per heavy atom. The van der Waals surface area contributed by atoms with E-state index in [-0.39, 0.29) is 23.8 Å². The fourth-order valence-electron chi connectivity index (χ4n) is 2.93. The van der Waals surface area contributed by atoms with Gasteiger partial charge >= 0.3 is 0 Å². The number of hydrogen-bond donors (Lipinski definition) is 2. The number of hydrogen-bond acceptors (Lipinski definition) is 5. The molecule has 8 heteroatoms. The number of nitrogens with one attached hydrogen (secondary N) is 2. The first-order chi connectivity index (χ1) is 16.5. The number of carbonyl (C=O) groups excluding carboxylic acids is 2. The van der Waals surface area contributed by atoms with Crippen LogP contribution >= 0.6 is 0 Å². The van der Waals surface area contributed by atoms with Crippen LogP contribution in [0.15, 0.2) is 78.4 Å². The maximum Gasteiger partial charge on any atom is 0.266 e. The molecule has 7 nitrogen and oxygen atoms in total. The summed E-state index contributed by atoms with van der Waals surface area (Å²) >= 11 is 0. The molecule has 0 aliphatic heterocycles. The predicted molar refractivity (Wildman–Crippen MR) is 127 cm³/mol. The lowest BCUT2D eigenvalue weighted by Gasteiger charge is -2.13. The molecule has 0 heterocycles. The highest BCUT2D eigenvalue weighted by atomic mass is 19.1. The molecule has 0 aromatic heterocycles. The molecule has 0 bridgehead atoms. The van der Waals surface area contributed by atoms with Crippen molar-refractivity contribution in [1.29, 1.82) is 5.26 Å². The van der Waals surface area contributed by atoms with Crippen LogP contribution in [-0.4, -0.2) is 25.0 Å². The van der Waals surface area contributed by atoms with E-state index in [1.807, 2.05) is 24.3 Å². The molecule has 3 rings (SSSR count). The first-order valence-electron chi connectivity index (χ1n) is 10.4. The number of nitrogens with zero attached hydrogens (tertiary/aromatic N) is 1. The second-order valence-electron chi connectivity index (χ2n) is 6.95. The van der Waals surface area contributed by atoms with E-state index < -0.39 is 11.7 Å². The van der Waals surface area contributed by atoms with Crippen molar-refractivity contribution < 1.29 is 23.5 Å². The lowest BCUT2D eigenvalue weighted by molar-refractivity contribution is -0.118. The minimum Gasteiger partial charge on any atom is -0.490 e. The Labute approximate surface area is 196 Å². The molecular weight excluding hydrogens is 437 g/mol. The van der Waals surface area contributed by atoms with E-state index in [9.17, 15) is 19.2 Å². The van der Waals surface area contributed by atoms with Crippen molar-refractivity contribution >= 4 is 29.3 Å². The summed E-state index contributed by atoms with van der Waals surface area (Å²) in [6, 6.07) is 21.3. The fraction of sp³-hybridized carbons (Fsp3) is 0.115. The molecule has 3 aromatic rings. The number of nitriles is 1. The summed E-state index contributed by atoms with van der Waals surface area (Å²) in [6.45, 7) is 1.88. The smallest absolute Gasteiger partial charge is 0.266 e. The summed E-state index contributed by atoms with van der Waals surface area (Å²) in [5.74, 6) is -1.02. The Balaban J connectivity index is 1.72. The van der Waals surface area contributed by atoms with Gasteiger partial charge in [0.15, 0.2) is 18.1 Å². The molecule has 2 N–H and O–H groups in total. The summed E-state index contributed by atoms with van der Waals surface area (Å²) in [6.07, 6.45) is 1.35. The molecule has 172 valence electrons. The first kappa shape index (κ1) is 24.0. The van der Waals surface area contributed by atoms with E-state index >= 15 is 0 Å². The highest BCUT2D eigenvalue weighted by Gasteiger charge is 2.14. The van der Waals surface area contributed by atoms with Gasteiger partial charge < -0.3 is 20.1 Å². The second kappa shape index (κ2) is 11.8. The van der Waals surface area contributed by atoms with Gasteiger partial charge in [-0.15, -0.1) is 0 Å². The first-order valence-corrected chi connectivity index (χ1v) is 10.4. The molecule has 34 heavy (non-hydrogen) atoms. The molecule has 3 aromatic carbocycles. The standard InChI is InChI=1S/C26H22FN3O4/c1-2-33-24-15-18(14-19(16-28)26(32)30-22-11-7-6-10-21(22)27)12-13-23(24)34-17-25(31)29-20-8-4-3-5-9-20/h3-15H,2,17H2,1H3,(H,29,31)(H,30,32)/b19-14+. The Morgan fingerprint density at radius 1 is 0.971 bits per heavy atom. The highest BCUT2D eigenvalue weighted by Crippen LogP contribution is 2.29. The van der Waals surface area contributed by atoms with Crippen molar-refractivity contribution in [2.45, 2.75) is 6.92 Å². The van der Waals surface area contributed by atoms with E-state index in [1.165, 1.54) is 24.3 Å². The third-order valence-corrected chi connectivity index (χ3v) is 4.48. The van der Waals surface area contributed by atoms with Crippen molar-refractivity contribution in [3.63, 3.8) is 0 Å². The summed E-state index contributed by atoms with van der Waals surface area (Å²) < 4.78 is 25.0. The van der Waals surface area contributed by atoms with Crippen molar-refractivity contribution in [2.75, 3.05) is 23.8 Å². The second-order valence-corrected chi connectivity index (χ2v) is 6.95. The van der Waals surface area contributed by atoms with Crippen LogP contribution in [0.1, 0.15) is 12.5 Å². The number of rotatable bonds is 9. The number of carbonyl (C=O) groups is 2. The van der Waals surface area contributed by atoms with Gasteiger partial charge in [-0.3, -0.25) is 9.59 Å². The average molecular weight is 459 g/mol. The van der Waals surface area contributed by atoms with Gasteiger partial charge in [-0.05, 0) is 55.0 Å². The quantitative estimate of drug-likeness (QED) is 0.354. The van der Waals surface area contributed by atoms with Crippen LogP contribution in [0, 0.1) is 17.1 Å². The molecule has 0 saturated heterocycles. The number of ether oxygens (including phenoxy) is 2. The monoisotopic (exact) mass is 459 g/mol. The van der Waals surface area contributed by atoms with Crippen molar-refractivity contribution in [3.05, 3.63) is 89.8 Å². The molecule has 0 radical (unpaired) electrons. The maximum absolute atomic E-state index is 13.8. The Morgan fingerprint density at radius 2 is 1.71 bits per heavy atom. The van der Waals surface area contributed by atoms with Gasteiger partial charge in [0.2, 0.25) is 0 Å². The summed E-state index contributed by atoms with van der Waals surface area (Å²) in [4.78, 5) is 24.6. The van der Waals surface area contributed by atoms with Gasteiger partial charge in [0.1, 0.15) is 17.5 Å². The number of halogens is 1. The fourth-order valence-corrected chi connectivity index (χ4v) is 2.93. The zero-order chi connectivity index (χ0) is 24.3. The minimum atomic E-state index is -0.747. The van der Waals surface area contributed by atoms with Crippen LogP contribution in [0.25, 0.3) is 6.08 Å². The number of benzene rings is 3. The lowest BCUT2D eigenvalue weighted by Crippen LogP contribution is -2.20. The van der Waals surface area contributed by atoms with Gasteiger partial charge in [0.25, 0.3) is 11.8 Å². The zero-order valence-corrected chi connectivity index (χ0v) is 18.4. The van der Waals surface area contributed by atoms with Gasteiger partial charge in [0.05, 0.1) is 12.3 Å². The minimum absolute atomic E-state index is 0.0267. The van der Waals surface area contributed by atoms with E-state index in [0.29, 0.717) is 29.4 Å². The number of anilines is 2. The van der Waals surface area contributed by atoms with Crippen LogP contribution in [-0.2, 0) is 9.59 Å². The van der Waals surface area contributed by atoms with E-state index in [4.69, 9.17) is 9.47 Å². The van der Waals surface area contributed by atoms with Crippen LogP contribution in [0.5, 0.6) is 11.5 Å². The van der Waals surface area contributed by atoms with E-state index in [2.05, 4.69) is 10.6 Å². The van der Waals surface area contributed by atoms with Gasteiger partial charge in [0, 0.05) is 5.69 Å².